The molecule has 2 aromatic rings. The molecule has 6 rings (SSSR count). The van der Waals surface area contributed by atoms with E-state index in [0.29, 0.717) is 23.8 Å². The Morgan fingerprint density at radius 2 is 1.68 bits per heavy atom. The molecule has 1 amide bonds. The number of rotatable bonds is 3. The van der Waals surface area contributed by atoms with Gasteiger partial charge in [0.15, 0.2) is 0 Å². The Morgan fingerprint density at radius 1 is 0.919 bits per heavy atom. The van der Waals surface area contributed by atoms with Crippen LogP contribution < -0.4 is 35.4 Å². The molecule has 0 unspecified atom stereocenters. The quantitative estimate of drug-likeness (QED) is 0.392. The van der Waals surface area contributed by atoms with Crippen LogP contribution in [0, 0.1) is 11.8 Å². The average molecular weight is 609 g/mol. The van der Waals surface area contributed by atoms with E-state index in [9.17, 15) is 4.79 Å². The van der Waals surface area contributed by atoms with E-state index in [2.05, 4.69) is 80.0 Å². The highest BCUT2D eigenvalue weighted by molar-refractivity contribution is 9.10. The van der Waals surface area contributed by atoms with Crippen molar-refractivity contribution in [3.05, 3.63) is 69.7 Å². The number of hydrogen-bond acceptors (Lipinski definition) is 1. The Hall–Kier alpha value is -1.11. The van der Waals surface area contributed by atoms with Gasteiger partial charge in [-0.25, -0.2) is 0 Å². The Bertz CT molecular complexity index is 1060. The largest absolute Gasteiger partial charge is 1.00 e. The minimum Gasteiger partial charge on any atom is -1.00 e. The lowest BCUT2D eigenvalue weighted by molar-refractivity contribution is -0.691. The predicted molar refractivity (Wildman–Crippen MR) is 142 cm³/mol. The highest BCUT2D eigenvalue weighted by atomic mass is 79.9. The Balaban J connectivity index is 0.00000160. The molecular formula is C30H40BrCl2N3O. The zero-order valence-electron chi connectivity index (χ0n) is 21.6. The maximum absolute atomic E-state index is 14.5. The summed E-state index contributed by atoms with van der Waals surface area (Å²) in [5.41, 5.74) is 4.24. The van der Waals surface area contributed by atoms with Gasteiger partial charge in [-0.3, -0.25) is 4.79 Å². The molecule has 2 saturated heterocycles. The van der Waals surface area contributed by atoms with Gasteiger partial charge in [0.05, 0.1) is 19.6 Å². The second kappa shape index (κ2) is 12.4. The lowest BCUT2D eigenvalue weighted by Gasteiger charge is -2.47. The van der Waals surface area contributed by atoms with Gasteiger partial charge in [-0.1, -0.05) is 77.7 Å². The van der Waals surface area contributed by atoms with E-state index in [4.69, 9.17) is 0 Å². The van der Waals surface area contributed by atoms with Crippen molar-refractivity contribution in [1.29, 1.82) is 0 Å². The Morgan fingerprint density at radius 3 is 2.46 bits per heavy atom. The Kier molecular flexibility index (Phi) is 9.67. The van der Waals surface area contributed by atoms with Crippen molar-refractivity contribution in [2.24, 2.45) is 11.8 Å². The average Bonchev–Trinajstić information content (AvgIpc) is 3.33. The van der Waals surface area contributed by atoms with E-state index < -0.39 is 0 Å². The maximum Gasteiger partial charge on any atom is 0.233 e. The van der Waals surface area contributed by atoms with Crippen LogP contribution in [0.3, 0.4) is 0 Å². The molecule has 0 bridgehead atoms. The van der Waals surface area contributed by atoms with E-state index in [0.717, 1.165) is 45.6 Å². The molecule has 7 heteroatoms. The molecule has 3 heterocycles. The molecule has 4 N–H and O–H groups in total. The van der Waals surface area contributed by atoms with Gasteiger partial charge in [0.1, 0.15) is 17.9 Å². The van der Waals surface area contributed by atoms with Gasteiger partial charge < -0.3 is 40.3 Å². The van der Waals surface area contributed by atoms with Crippen molar-refractivity contribution in [2.45, 2.75) is 68.9 Å². The summed E-state index contributed by atoms with van der Waals surface area (Å²) < 4.78 is 1.20. The smallest absolute Gasteiger partial charge is 0.233 e. The first kappa shape index (κ1) is 28.9. The van der Waals surface area contributed by atoms with Crippen LogP contribution in [0.2, 0.25) is 0 Å². The normalized spacial score (nSPS) is 29.8. The number of benzene rings is 2. The van der Waals surface area contributed by atoms with Gasteiger partial charge in [0, 0.05) is 22.6 Å². The number of likely N-dealkylation sites (tertiary alicyclic amines) is 1. The molecule has 1 aliphatic carbocycles. The summed E-state index contributed by atoms with van der Waals surface area (Å²) in [4.78, 5) is 16.9. The number of carbonyl (C=O) groups excluding carboxylic acids is 1. The first-order valence-corrected chi connectivity index (χ1v) is 14.7. The zero-order chi connectivity index (χ0) is 23.8. The van der Waals surface area contributed by atoms with Crippen LogP contribution >= 0.6 is 15.9 Å². The van der Waals surface area contributed by atoms with Gasteiger partial charge in [-0.05, 0) is 54.7 Å². The number of halogens is 3. The summed E-state index contributed by atoms with van der Waals surface area (Å²) in [7, 11) is 0. The molecule has 37 heavy (non-hydrogen) atoms. The second-order valence-electron chi connectivity index (χ2n) is 11.5. The van der Waals surface area contributed by atoms with E-state index in [1.807, 2.05) is 0 Å². The number of nitrogens with two attached hydrogens (primary N) is 2. The van der Waals surface area contributed by atoms with Crippen LogP contribution in [0.5, 0.6) is 0 Å². The number of hydrogen-bond donors (Lipinski definition) is 2. The minimum absolute atomic E-state index is 0. The molecule has 3 aliphatic heterocycles. The predicted octanol–water partition coefficient (Wildman–Crippen LogP) is -2.68. The number of nitrogens with zero attached hydrogens (tertiary/aromatic N) is 1. The standard InChI is InChI=1S/C30H38BrN3O.2ClH/c31-27-13-7-12-25-24(27)17-32-19-30(25)20-33-18-26(30)29(35)34-15-14-23(21-8-3-1-4-9-21)16-28(34)22-10-5-2-6-11-22;;/h1,3-4,7-9,12-13,22-23,26,28,32-33H,2,5-6,10-11,14-20H2;2*1H/t23-,26+,28+,30+;;/m1../s1. The van der Waals surface area contributed by atoms with Gasteiger partial charge in [-0.2, -0.15) is 0 Å². The third-order valence-electron chi connectivity index (χ3n) is 9.78. The minimum atomic E-state index is -0.0537. The molecule has 4 aliphatic rings. The van der Waals surface area contributed by atoms with Crippen LogP contribution in [0.1, 0.15) is 67.6 Å². The fraction of sp³-hybridized carbons (Fsp3) is 0.567. The third kappa shape index (κ3) is 5.36. The van der Waals surface area contributed by atoms with Gasteiger partial charge in [0.25, 0.3) is 0 Å². The highest BCUT2D eigenvalue weighted by Crippen LogP contribution is 2.43. The van der Waals surface area contributed by atoms with Crippen LogP contribution in [0.25, 0.3) is 0 Å². The summed E-state index contributed by atoms with van der Waals surface area (Å²) in [6.07, 6.45) is 8.84. The van der Waals surface area contributed by atoms with Crippen LogP contribution in [0.15, 0.2) is 53.0 Å². The van der Waals surface area contributed by atoms with Crippen LogP contribution in [0.4, 0.5) is 0 Å². The van der Waals surface area contributed by atoms with E-state index >= 15 is 0 Å². The van der Waals surface area contributed by atoms with Gasteiger partial charge in [-0.15, -0.1) is 0 Å². The number of carbonyl (C=O) groups is 1. The highest BCUT2D eigenvalue weighted by Gasteiger charge is 2.57. The van der Waals surface area contributed by atoms with Crippen molar-refractivity contribution in [1.82, 2.24) is 4.90 Å². The first-order valence-electron chi connectivity index (χ1n) is 13.9. The molecule has 4 nitrogen and oxygen atoms in total. The SMILES string of the molecule is O=C([C@@H]1C[NH2+]C[C@]12C[NH2+]Cc1c(Br)cccc12)N1CC[C@@H](c2ccccc2)C[C@H]1C1CCCCC1.[Cl-].[Cl-]. The van der Waals surface area contributed by atoms with Gasteiger partial charge >= 0.3 is 0 Å². The van der Waals surface area contributed by atoms with E-state index in [1.165, 1.54) is 53.3 Å². The molecule has 0 aromatic heterocycles. The number of amides is 1. The molecule has 0 radical (unpaired) electrons. The Labute approximate surface area is 242 Å². The summed E-state index contributed by atoms with van der Waals surface area (Å²) in [5, 5.41) is 4.85. The van der Waals surface area contributed by atoms with Crippen LogP contribution in [-0.2, 0) is 16.8 Å². The molecule has 4 atom stereocenters. The lowest BCUT2D eigenvalue weighted by atomic mass is 9.68. The summed E-state index contributed by atoms with van der Waals surface area (Å²) >= 11 is 3.81. The topological polar surface area (TPSA) is 53.5 Å². The fourth-order valence-electron chi connectivity index (χ4n) is 8.02. The van der Waals surface area contributed by atoms with Crippen molar-refractivity contribution in [3.8, 4) is 0 Å². The molecule has 1 spiro atoms. The maximum atomic E-state index is 14.5. The lowest BCUT2D eigenvalue weighted by Crippen LogP contribution is -3.00. The van der Waals surface area contributed by atoms with Crippen molar-refractivity contribution >= 4 is 21.8 Å². The number of fused-ring (bicyclic) bond motifs is 2. The summed E-state index contributed by atoms with van der Waals surface area (Å²) in [5.74, 6) is 1.77. The summed E-state index contributed by atoms with van der Waals surface area (Å²) in [6.45, 7) is 4.90. The van der Waals surface area contributed by atoms with Gasteiger partial charge in [0.2, 0.25) is 5.91 Å². The third-order valence-corrected chi connectivity index (χ3v) is 10.5. The molecule has 3 fully saturated rings. The van der Waals surface area contributed by atoms with Crippen molar-refractivity contribution in [2.75, 3.05) is 26.2 Å². The molecule has 2 aromatic carbocycles. The molecule has 1 saturated carbocycles. The van der Waals surface area contributed by atoms with Crippen LogP contribution in [-0.4, -0.2) is 43.0 Å². The number of piperidine rings is 1. The zero-order valence-corrected chi connectivity index (χ0v) is 24.7. The fourth-order valence-corrected chi connectivity index (χ4v) is 8.55. The monoisotopic (exact) mass is 607 g/mol. The molecule has 202 valence electrons. The second-order valence-corrected chi connectivity index (χ2v) is 12.4. The first-order chi connectivity index (χ1) is 17.2. The number of quaternary nitrogens is 2. The van der Waals surface area contributed by atoms with E-state index in [1.54, 1.807) is 0 Å². The molecular weight excluding hydrogens is 569 g/mol. The van der Waals surface area contributed by atoms with Crippen molar-refractivity contribution in [3.63, 3.8) is 0 Å². The summed E-state index contributed by atoms with van der Waals surface area (Å²) in [6, 6.07) is 18.1. The van der Waals surface area contributed by atoms with Crippen molar-refractivity contribution < 1.29 is 40.2 Å². The van der Waals surface area contributed by atoms with E-state index in [-0.39, 0.29) is 36.1 Å².